The molecule has 30 heavy (non-hydrogen) atoms. The quantitative estimate of drug-likeness (QED) is 0.225. The number of rotatable bonds is 6. The highest BCUT2D eigenvalue weighted by molar-refractivity contribution is 6.76. The van der Waals surface area contributed by atoms with Gasteiger partial charge in [0.25, 0.3) is 0 Å². The zero-order valence-corrected chi connectivity index (χ0v) is 21.1. The van der Waals surface area contributed by atoms with Crippen LogP contribution in [0.15, 0.2) is 23.3 Å². The van der Waals surface area contributed by atoms with E-state index < -0.39 is 13.5 Å². The first-order valence-corrected chi connectivity index (χ1v) is 15.2. The lowest BCUT2D eigenvalue weighted by molar-refractivity contribution is -0.174. The van der Waals surface area contributed by atoms with Crippen molar-refractivity contribution in [3.05, 3.63) is 23.3 Å². The molecule has 0 radical (unpaired) electrons. The highest BCUT2D eigenvalue weighted by Gasteiger charge is 2.59. The second-order valence-electron chi connectivity index (χ2n) is 11.7. The second-order valence-corrected chi connectivity index (χ2v) is 17.3. The summed E-state index contributed by atoms with van der Waals surface area (Å²) < 4.78 is 12.1. The average Bonchev–Trinajstić information content (AvgIpc) is 2.64. The first-order valence-electron chi connectivity index (χ1n) is 11.5. The Hall–Kier alpha value is -1.15. The zero-order chi connectivity index (χ0) is 22.4. The minimum atomic E-state index is -1.08. The van der Waals surface area contributed by atoms with E-state index in [1.165, 1.54) is 5.57 Å². The molecule has 4 heteroatoms. The smallest absolute Gasteiger partial charge is 0.181 e. The molecule has 0 saturated heterocycles. The molecule has 3 aliphatic rings. The largest absolute Gasteiger partial charge is 0.356 e. The molecule has 0 aromatic rings. The normalized spacial score (nSPS) is 35.6. The number of terminal acetylenes is 1. The van der Waals surface area contributed by atoms with Crippen LogP contribution in [0.2, 0.25) is 25.7 Å². The van der Waals surface area contributed by atoms with Crippen molar-refractivity contribution in [1.29, 1.82) is 0 Å². The van der Waals surface area contributed by atoms with Gasteiger partial charge >= 0.3 is 0 Å². The predicted octanol–water partition coefficient (Wildman–Crippen LogP) is 6.00. The molecule has 0 heterocycles. The van der Waals surface area contributed by atoms with Crippen molar-refractivity contribution in [2.24, 2.45) is 22.2 Å². The van der Waals surface area contributed by atoms with Crippen molar-refractivity contribution < 1.29 is 14.3 Å². The third kappa shape index (κ3) is 4.14. The molecule has 3 aliphatic carbocycles. The van der Waals surface area contributed by atoms with E-state index in [4.69, 9.17) is 15.9 Å². The monoisotopic (exact) mass is 428 g/mol. The van der Waals surface area contributed by atoms with Crippen LogP contribution in [0.5, 0.6) is 0 Å². The summed E-state index contributed by atoms with van der Waals surface area (Å²) in [5.74, 6) is 3.63. The van der Waals surface area contributed by atoms with Crippen LogP contribution in [0, 0.1) is 34.5 Å². The molecule has 0 unspecified atom stereocenters. The molecule has 0 aromatic heterocycles. The Morgan fingerprint density at radius 1 is 1.20 bits per heavy atom. The fourth-order valence-electron chi connectivity index (χ4n) is 6.24. The molecule has 0 amide bonds. The third-order valence-electron chi connectivity index (χ3n) is 8.08. The molecule has 0 aliphatic heterocycles. The van der Waals surface area contributed by atoms with Crippen molar-refractivity contribution in [2.45, 2.75) is 85.2 Å². The minimum Gasteiger partial charge on any atom is -0.356 e. The van der Waals surface area contributed by atoms with Gasteiger partial charge in [-0.1, -0.05) is 52.4 Å². The van der Waals surface area contributed by atoms with Gasteiger partial charge in [0, 0.05) is 14.7 Å². The van der Waals surface area contributed by atoms with Crippen LogP contribution in [-0.2, 0) is 14.3 Å². The maximum atomic E-state index is 12.6. The van der Waals surface area contributed by atoms with Crippen molar-refractivity contribution in [2.75, 3.05) is 13.4 Å². The number of ether oxygens (including phenoxy) is 2. The van der Waals surface area contributed by atoms with Crippen LogP contribution < -0.4 is 0 Å². The fourth-order valence-corrected chi connectivity index (χ4v) is 6.99. The topological polar surface area (TPSA) is 35.5 Å². The summed E-state index contributed by atoms with van der Waals surface area (Å²) in [6.45, 7) is 17.1. The maximum Gasteiger partial charge on any atom is 0.181 e. The van der Waals surface area contributed by atoms with Gasteiger partial charge in [-0.25, -0.2) is 0 Å². The Kier molecular flexibility index (Phi) is 6.33. The van der Waals surface area contributed by atoms with Crippen LogP contribution in [0.25, 0.3) is 0 Å². The molecule has 0 N–H and O–H groups in total. The van der Waals surface area contributed by atoms with Crippen LogP contribution in [-0.4, -0.2) is 33.4 Å². The lowest BCUT2D eigenvalue weighted by Crippen LogP contribution is -2.56. The van der Waals surface area contributed by atoms with E-state index in [1.54, 1.807) is 0 Å². The Balaban J connectivity index is 1.75. The molecule has 0 aromatic carbocycles. The molecule has 3 nitrogen and oxygen atoms in total. The van der Waals surface area contributed by atoms with Crippen LogP contribution in [0.4, 0.5) is 0 Å². The number of ketones is 1. The summed E-state index contributed by atoms with van der Waals surface area (Å²) in [6.07, 6.45) is 14.1. The van der Waals surface area contributed by atoms with Gasteiger partial charge in [-0.05, 0) is 72.6 Å². The van der Waals surface area contributed by atoms with Gasteiger partial charge in [-0.3, -0.25) is 4.79 Å². The molecule has 2 saturated carbocycles. The number of carbonyl (C=O) groups is 1. The number of fused-ring (bicyclic) bond motifs is 3. The number of carbonyl (C=O) groups excluding carboxylic acids is 1. The lowest BCUT2D eigenvalue weighted by Gasteiger charge is -2.61. The third-order valence-corrected chi connectivity index (χ3v) is 9.78. The Bertz CT molecular complexity index is 794. The van der Waals surface area contributed by atoms with Gasteiger partial charge in [0.15, 0.2) is 5.78 Å². The zero-order valence-electron chi connectivity index (χ0n) is 20.1. The first kappa shape index (κ1) is 23.5. The number of hydrogen-bond donors (Lipinski definition) is 0. The fraction of sp³-hybridized carbons (Fsp3) is 0.731. The summed E-state index contributed by atoms with van der Waals surface area (Å²) in [6, 6.07) is 1.16. The Morgan fingerprint density at radius 3 is 2.53 bits per heavy atom. The highest BCUT2D eigenvalue weighted by Crippen LogP contribution is 2.65. The van der Waals surface area contributed by atoms with E-state index in [1.807, 2.05) is 13.0 Å². The molecule has 166 valence electrons. The molecule has 3 rings (SSSR count). The highest BCUT2D eigenvalue weighted by atomic mass is 28.3. The Labute approximate surface area is 184 Å². The van der Waals surface area contributed by atoms with E-state index in [0.29, 0.717) is 12.7 Å². The van der Waals surface area contributed by atoms with Crippen molar-refractivity contribution in [1.82, 2.24) is 0 Å². The molecule has 4 atom stereocenters. The molecule has 2 fully saturated rings. The van der Waals surface area contributed by atoms with Gasteiger partial charge in [-0.15, -0.1) is 6.42 Å². The number of allylic oxidation sites excluding steroid dienone is 4. The van der Waals surface area contributed by atoms with E-state index in [9.17, 15) is 4.79 Å². The molecular weight excluding hydrogens is 388 g/mol. The minimum absolute atomic E-state index is 0.00398. The lowest BCUT2D eigenvalue weighted by atomic mass is 9.44. The second kappa shape index (κ2) is 8.08. The summed E-state index contributed by atoms with van der Waals surface area (Å²) in [5.41, 5.74) is 1.48. The average molecular weight is 429 g/mol. The first-order chi connectivity index (χ1) is 13.9. The van der Waals surface area contributed by atoms with Crippen molar-refractivity contribution in [3.63, 3.8) is 0 Å². The summed E-state index contributed by atoms with van der Waals surface area (Å²) in [5, 5.41) is 0. The Morgan fingerprint density at radius 2 is 1.90 bits per heavy atom. The molecular formula is C26H40O3Si. The van der Waals surface area contributed by atoms with Gasteiger partial charge in [0.2, 0.25) is 0 Å². The van der Waals surface area contributed by atoms with Gasteiger partial charge in [0.1, 0.15) is 6.79 Å². The standard InChI is InChI=1S/C26H40O3Si/c1-9-26-13-10-21-24(3,4)23(29-18-28-14-15-30(6,7)8)11-12-25(21,5)22(26)16-20(27)19(2)17-26/h1,16-17,21,23H,10-15,18H2,2-8H3/t21-,23-,25-,26-/m0/s1. The van der Waals surface area contributed by atoms with Crippen molar-refractivity contribution >= 4 is 13.9 Å². The predicted molar refractivity (Wildman–Crippen MR) is 126 cm³/mol. The van der Waals surface area contributed by atoms with Crippen LogP contribution in [0.1, 0.15) is 53.4 Å². The summed E-state index contributed by atoms with van der Waals surface area (Å²) in [7, 11) is -1.08. The van der Waals surface area contributed by atoms with E-state index >= 15 is 0 Å². The van der Waals surface area contributed by atoms with Crippen molar-refractivity contribution in [3.8, 4) is 12.3 Å². The SMILES string of the molecule is C#C[C@]12C=C(C)C(=O)C=C1[C@@]1(C)CC[C@H](OCOCC[Si](C)(C)C)C(C)(C)[C@@H]1CC2. The molecule has 0 bridgehead atoms. The number of hydrogen-bond acceptors (Lipinski definition) is 3. The van der Waals surface area contributed by atoms with E-state index in [2.05, 4.69) is 52.4 Å². The van der Waals surface area contributed by atoms with Gasteiger partial charge < -0.3 is 9.47 Å². The van der Waals surface area contributed by atoms with E-state index in [-0.39, 0.29) is 22.7 Å². The van der Waals surface area contributed by atoms with Crippen LogP contribution >= 0.6 is 0 Å². The molecule has 0 spiro atoms. The van der Waals surface area contributed by atoms with Gasteiger partial charge in [0.05, 0.1) is 11.5 Å². The van der Waals surface area contributed by atoms with Crippen LogP contribution in [0.3, 0.4) is 0 Å². The van der Waals surface area contributed by atoms with Gasteiger partial charge in [-0.2, -0.15) is 0 Å². The summed E-state index contributed by atoms with van der Waals surface area (Å²) in [4.78, 5) is 12.6. The van der Waals surface area contributed by atoms with E-state index in [0.717, 1.165) is 43.9 Å². The maximum absolute atomic E-state index is 12.6. The summed E-state index contributed by atoms with van der Waals surface area (Å²) >= 11 is 0.